The largest absolute Gasteiger partial charge is 0.483 e. The van der Waals surface area contributed by atoms with Crippen molar-refractivity contribution in [1.82, 2.24) is 4.90 Å². The average Bonchev–Trinajstić information content (AvgIpc) is 2.90. The normalized spacial score (nSPS) is 14.9. The first-order valence-electron chi connectivity index (χ1n) is 6.00. The van der Waals surface area contributed by atoms with Gasteiger partial charge in [0.05, 0.1) is 6.61 Å². The van der Waals surface area contributed by atoms with Crippen LogP contribution in [0.15, 0.2) is 22.7 Å². The Morgan fingerprint density at radius 3 is 2.78 bits per heavy atom. The number of aliphatic hydroxyl groups is 1. The lowest BCUT2D eigenvalue weighted by Crippen LogP contribution is -2.32. The molecule has 1 aromatic rings. The first-order valence-corrected chi connectivity index (χ1v) is 6.80. The molecular weight excluding hydrogens is 298 g/mol. The molecule has 0 atom stereocenters. The smallest absolute Gasteiger partial charge is 0.260 e. The van der Waals surface area contributed by atoms with E-state index in [4.69, 9.17) is 4.74 Å². The summed E-state index contributed by atoms with van der Waals surface area (Å²) in [5.41, 5.74) is 0.679. The van der Waals surface area contributed by atoms with Crippen molar-refractivity contribution in [3.05, 3.63) is 28.2 Å². The van der Waals surface area contributed by atoms with Crippen LogP contribution in [0.2, 0.25) is 0 Å². The van der Waals surface area contributed by atoms with Crippen molar-refractivity contribution >= 4 is 21.8 Å². The molecule has 0 aliphatic carbocycles. The minimum Gasteiger partial charge on any atom is -0.483 e. The van der Waals surface area contributed by atoms with Crippen LogP contribution in [0.3, 0.4) is 0 Å². The Labute approximate surface area is 115 Å². The molecule has 0 aromatic heterocycles. The molecule has 98 valence electrons. The van der Waals surface area contributed by atoms with Crippen molar-refractivity contribution in [1.29, 1.82) is 0 Å². The first kappa shape index (κ1) is 13.4. The van der Waals surface area contributed by atoms with Crippen LogP contribution < -0.4 is 4.74 Å². The van der Waals surface area contributed by atoms with E-state index in [2.05, 4.69) is 15.9 Å². The number of hydrogen-bond acceptors (Lipinski definition) is 3. The molecule has 1 N–H and O–H groups in total. The van der Waals surface area contributed by atoms with Gasteiger partial charge in [-0.3, -0.25) is 4.79 Å². The third-order valence-corrected chi connectivity index (χ3v) is 3.50. The molecule has 5 heteroatoms. The standard InChI is InChI=1S/C13H16BrNO3/c14-11-3-4-12(10(7-11)8-16)18-9-13(17)15-5-1-2-6-15/h3-4,7,16H,1-2,5-6,8-9H2. The number of amides is 1. The zero-order valence-corrected chi connectivity index (χ0v) is 11.6. The fraction of sp³-hybridized carbons (Fsp3) is 0.462. The average molecular weight is 314 g/mol. The van der Waals surface area contributed by atoms with Crippen molar-refractivity contribution in [2.45, 2.75) is 19.4 Å². The number of ether oxygens (including phenoxy) is 1. The molecule has 1 amide bonds. The van der Waals surface area contributed by atoms with Crippen molar-refractivity contribution in [2.75, 3.05) is 19.7 Å². The lowest BCUT2D eigenvalue weighted by Gasteiger charge is -2.16. The summed E-state index contributed by atoms with van der Waals surface area (Å²) in [4.78, 5) is 13.6. The first-order chi connectivity index (χ1) is 8.70. The Hall–Kier alpha value is -1.07. The summed E-state index contributed by atoms with van der Waals surface area (Å²) in [5, 5.41) is 9.22. The van der Waals surface area contributed by atoms with Crippen molar-refractivity contribution in [3.63, 3.8) is 0 Å². The summed E-state index contributed by atoms with van der Waals surface area (Å²) in [7, 11) is 0. The monoisotopic (exact) mass is 313 g/mol. The minimum atomic E-state index is -0.104. The number of carbonyl (C=O) groups excluding carboxylic acids is 1. The maximum Gasteiger partial charge on any atom is 0.260 e. The summed E-state index contributed by atoms with van der Waals surface area (Å²) in [6, 6.07) is 5.37. The molecule has 0 saturated carbocycles. The van der Waals surface area contributed by atoms with E-state index in [1.165, 1.54) is 0 Å². The lowest BCUT2D eigenvalue weighted by atomic mass is 10.2. The predicted molar refractivity (Wildman–Crippen MR) is 71.4 cm³/mol. The van der Waals surface area contributed by atoms with Crippen LogP contribution in [0.1, 0.15) is 18.4 Å². The molecule has 1 aliphatic heterocycles. The number of nitrogens with zero attached hydrogens (tertiary/aromatic N) is 1. The summed E-state index contributed by atoms with van der Waals surface area (Å²) < 4.78 is 6.36. The topological polar surface area (TPSA) is 49.8 Å². The highest BCUT2D eigenvalue weighted by molar-refractivity contribution is 9.10. The number of halogens is 1. The van der Waals surface area contributed by atoms with E-state index >= 15 is 0 Å². The number of aliphatic hydroxyl groups excluding tert-OH is 1. The SMILES string of the molecule is O=C(COc1ccc(Br)cc1CO)N1CCCC1. The summed E-state index contributed by atoms with van der Waals surface area (Å²) >= 11 is 3.33. The van der Waals surface area contributed by atoms with Crippen molar-refractivity contribution in [2.24, 2.45) is 0 Å². The van der Waals surface area contributed by atoms with Gasteiger partial charge in [0, 0.05) is 23.1 Å². The van der Waals surface area contributed by atoms with E-state index in [0.29, 0.717) is 11.3 Å². The number of benzene rings is 1. The fourth-order valence-electron chi connectivity index (χ4n) is 2.01. The van der Waals surface area contributed by atoms with Gasteiger partial charge < -0.3 is 14.7 Å². The number of carbonyl (C=O) groups is 1. The van der Waals surface area contributed by atoms with Gasteiger partial charge in [-0.05, 0) is 31.0 Å². The molecule has 4 nitrogen and oxygen atoms in total. The second-order valence-corrected chi connectivity index (χ2v) is 5.20. The molecule has 1 saturated heterocycles. The van der Waals surface area contributed by atoms with Gasteiger partial charge in [0.15, 0.2) is 6.61 Å². The zero-order chi connectivity index (χ0) is 13.0. The maximum atomic E-state index is 11.8. The summed E-state index contributed by atoms with van der Waals surface area (Å²) in [6.07, 6.45) is 2.15. The van der Waals surface area contributed by atoms with Crippen LogP contribution in [0, 0.1) is 0 Å². The van der Waals surface area contributed by atoms with E-state index in [0.717, 1.165) is 30.4 Å². The van der Waals surface area contributed by atoms with Crippen LogP contribution in [-0.4, -0.2) is 35.6 Å². The highest BCUT2D eigenvalue weighted by atomic mass is 79.9. The van der Waals surface area contributed by atoms with Gasteiger partial charge in [-0.25, -0.2) is 0 Å². The van der Waals surface area contributed by atoms with Gasteiger partial charge in [0.25, 0.3) is 5.91 Å². The van der Waals surface area contributed by atoms with E-state index in [1.54, 1.807) is 12.1 Å². The quantitative estimate of drug-likeness (QED) is 0.924. The van der Waals surface area contributed by atoms with Crippen LogP contribution in [0.25, 0.3) is 0 Å². The second kappa shape index (κ2) is 6.20. The van der Waals surface area contributed by atoms with E-state index < -0.39 is 0 Å². The zero-order valence-electron chi connectivity index (χ0n) is 10.1. The molecular formula is C13H16BrNO3. The molecule has 0 spiro atoms. The van der Waals surface area contributed by atoms with Gasteiger partial charge in [0.1, 0.15) is 5.75 Å². The van der Waals surface area contributed by atoms with Crippen LogP contribution in [0.5, 0.6) is 5.75 Å². The summed E-state index contributed by atoms with van der Waals surface area (Å²) in [6.45, 7) is 1.59. The van der Waals surface area contributed by atoms with Crippen LogP contribution in [-0.2, 0) is 11.4 Å². The Kier molecular flexibility index (Phi) is 4.60. The molecule has 2 rings (SSSR count). The number of likely N-dealkylation sites (tertiary alicyclic amines) is 1. The Balaban J connectivity index is 1.95. The Bertz CT molecular complexity index is 430. The molecule has 1 aliphatic rings. The molecule has 1 heterocycles. The highest BCUT2D eigenvalue weighted by Gasteiger charge is 2.18. The molecule has 0 radical (unpaired) electrons. The van der Waals surface area contributed by atoms with E-state index in [-0.39, 0.29) is 19.1 Å². The minimum absolute atomic E-state index is 0.0132. The van der Waals surface area contributed by atoms with Crippen LogP contribution >= 0.6 is 15.9 Å². The Morgan fingerprint density at radius 1 is 1.39 bits per heavy atom. The second-order valence-electron chi connectivity index (χ2n) is 4.29. The predicted octanol–water partition coefficient (Wildman–Crippen LogP) is 1.94. The molecule has 0 unspecified atom stereocenters. The van der Waals surface area contributed by atoms with Gasteiger partial charge >= 0.3 is 0 Å². The van der Waals surface area contributed by atoms with Gasteiger partial charge in [0.2, 0.25) is 0 Å². The van der Waals surface area contributed by atoms with Gasteiger partial charge in [-0.2, -0.15) is 0 Å². The molecule has 1 aromatic carbocycles. The fourth-order valence-corrected chi connectivity index (χ4v) is 2.42. The number of hydrogen-bond donors (Lipinski definition) is 1. The molecule has 18 heavy (non-hydrogen) atoms. The van der Waals surface area contributed by atoms with Crippen molar-refractivity contribution < 1.29 is 14.6 Å². The van der Waals surface area contributed by atoms with Crippen molar-refractivity contribution in [3.8, 4) is 5.75 Å². The third kappa shape index (κ3) is 3.23. The lowest BCUT2D eigenvalue weighted by molar-refractivity contribution is -0.132. The Morgan fingerprint density at radius 2 is 2.11 bits per heavy atom. The van der Waals surface area contributed by atoms with Crippen LogP contribution in [0.4, 0.5) is 0 Å². The maximum absolute atomic E-state index is 11.8. The van der Waals surface area contributed by atoms with Gasteiger partial charge in [-0.15, -0.1) is 0 Å². The van der Waals surface area contributed by atoms with E-state index in [9.17, 15) is 9.90 Å². The third-order valence-electron chi connectivity index (χ3n) is 3.00. The highest BCUT2D eigenvalue weighted by Crippen LogP contribution is 2.23. The van der Waals surface area contributed by atoms with E-state index in [1.807, 2.05) is 11.0 Å². The van der Waals surface area contributed by atoms with Gasteiger partial charge in [-0.1, -0.05) is 15.9 Å². The molecule has 1 fully saturated rings. The number of rotatable bonds is 4. The molecule has 0 bridgehead atoms. The summed E-state index contributed by atoms with van der Waals surface area (Å²) in [5.74, 6) is 0.576.